The topological polar surface area (TPSA) is 153 Å². The molecular formula is C28H21N7O4. The maximum Gasteiger partial charge on any atom is 0.328 e. The molecule has 11 heteroatoms. The summed E-state index contributed by atoms with van der Waals surface area (Å²) in [4.78, 5) is 42.9. The summed E-state index contributed by atoms with van der Waals surface area (Å²) in [7, 11) is 0. The summed E-state index contributed by atoms with van der Waals surface area (Å²) in [6, 6.07) is 21.3. The van der Waals surface area contributed by atoms with Crippen molar-refractivity contribution in [3.63, 3.8) is 0 Å². The molecule has 2 fully saturated rings. The second kappa shape index (κ2) is 9.42. The zero-order valence-corrected chi connectivity index (χ0v) is 20.5. The number of imide groups is 2. The van der Waals surface area contributed by atoms with Crippen LogP contribution >= 0.6 is 0 Å². The van der Waals surface area contributed by atoms with E-state index < -0.39 is 23.4 Å². The Hall–Kier alpha value is -5.50. The van der Waals surface area contributed by atoms with E-state index in [9.17, 15) is 14.4 Å². The molecule has 4 aromatic rings. The van der Waals surface area contributed by atoms with Crippen LogP contribution in [0.5, 0.6) is 11.6 Å². The Bertz CT molecular complexity index is 1600. The van der Waals surface area contributed by atoms with Crippen LogP contribution in [0, 0.1) is 11.3 Å². The van der Waals surface area contributed by atoms with Crippen LogP contribution in [-0.2, 0) is 9.59 Å². The molecule has 2 aromatic carbocycles. The minimum absolute atomic E-state index is 0.299. The van der Waals surface area contributed by atoms with Gasteiger partial charge in [-0.15, -0.1) is 0 Å². The number of nitrogens with zero attached hydrogens (tertiary/aromatic N) is 4. The fourth-order valence-corrected chi connectivity index (χ4v) is 4.94. The lowest BCUT2D eigenvalue weighted by atomic mass is 9.92. The molecule has 0 bridgehead atoms. The van der Waals surface area contributed by atoms with Crippen LogP contribution in [-0.4, -0.2) is 45.1 Å². The van der Waals surface area contributed by atoms with Crippen molar-refractivity contribution in [1.82, 2.24) is 25.8 Å². The molecule has 39 heavy (non-hydrogen) atoms. The number of benzene rings is 2. The molecule has 2 aliphatic rings. The van der Waals surface area contributed by atoms with Gasteiger partial charge in [0.05, 0.1) is 34.9 Å². The first kappa shape index (κ1) is 23.9. The van der Waals surface area contributed by atoms with Crippen molar-refractivity contribution < 1.29 is 19.1 Å². The predicted molar refractivity (Wildman–Crippen MR) is 139 cm³/mol. The number of urea groups is 1. The van der Waals surface area contributed by atoms with E-state index in [2.05, 4.69) is 31.9 Å². The van der Waals surface area contributed by atoms with Gasteiger partial charge in [-0.2, -0.15) is 10.4 Å². The molecule has 0 unspecified atom stereocenters. The zero-order valence-electron chi connectivity index (χ0n) is 20.5. The number of amides is 4. The highest BCUT2D eigenvalue weighted by molar-refractivity contribution is 6.24. The van der Waals surface area contributed by atoms with E-state index in [0.717, 1.165) is 22.5 Å². The molecule has 0 atom stereocenters. The third kappa shape index (κ3) is 4.23. The second-order valence-electron chi connectivity index (χ2n) is 9.19. The van der Waals surface area contributed by atoms with E-state index in [4.69, 9.17) is 10.00 Å². The van der Waals surface area contributed by atoms with E-state index in [1.54, 1.807) is 35.4 Å². The highest BCUT2D eigenvalue weighted by Gasteiger charge is 2.57. The van der Waals surface area contributed by atoms with E-state index in [-0.39, 0.29) is 0 Å². The number of pyridine rings is 1. The number of ether oxygens (including phenoxy) is 1. The summed E-state index contributed by atoms with van der Waals surface area (Å²) in [6.07, 6.45) is 2.46. The molecule has 1 spiro atoms. The minimum Gasteiger partial charge on any atom is -0.439 e. The number of H-pyrrole nitrogens is 1. The second-order valence-corrected chi connectivity index (χ2v) is 9.19. The largest absolute Gasteiger partial charge is 0.439 e. The first-order valence-corrected chi connectivity index (χ1v) is 12.2. The van der Waals surface area contributed by atoms with Crippen molar-refractivity contribution in [1.29, 1.82) is 5.26 Å². The molecule has 4 amide bonds. The summed E-state index contributed by atoms with van der Waals surface area (Å²) in [5, 5.41) is 20.8. The smallest absolute Gasteiger partial charge is 0.328 e. The molecule has 2 saturated heterocycles. The van der Waals surface area contributed by atoms with Gasteiger partial charge in [0.15, 0.2) is 5.54 Å². The maximum atomic E-state index is 12.7. The summed E-state index contributed by atoms with van der Waals surface area (Å²) >= 11 is 0. The van der Waals surface area contributed by atoms with Crippen molar-refractivity contribution >= 4 is 23.5 Å². The summed E-state index contributed by atoms with van der Waals surface area (Å²) in [5.41, 5.74) is 3.13. The lowest BCUT2D eigenvalue weighted by Crippen LogP contribution is -2.71. The van der Waals surface area contributed by atoms with Crippen LogP contribution in [0.3, 0.4) is 0 Å². The monoisotopic (exact) mass is 519 g/mol. The molecule has 2 aliphatic heterocycles. The Morgan fingerprint density at radius 3 is 2.31 bits per heavy atom. The third-order valence-electron chi connectivity index (χ3n) is 6.89. The SMILES string of the molecule is N#Cc1ccc(-c2cc(-c3ccc(Oc4ccc(N5CCCC56C(=O)NC(=O)NC6=O)cn4)cc3)n[nH]2)cc1. The van der Waals surface area contributed by atoms with E-state index in [0.29, 0.717) is 42.3 Å². The number of rotatable bonds is 5. The van der Waals surface area contributed by atoms with Gasteiger partial charge >= 0.3 is 6.03 Å². The van der Waals surface area contributed by atoms with Crippen LogP contribution in [0.15, 0.2) is 72.9 Å². The number of nitrogens with one attached hydrogen (secondary N) is 3. The van der Waals surface area contributed by atoms with Crippen LogP contribution in [0.2, 0.25) is 0 Å². The number of hydrogen-bond acceptors (Lipinski definition) is 8. The number of carbonyl (C=O) groups is 3. The zero-order chi connectivity index (χ0) is 27.0. The van der Waals surface area contributed by atoms with Crippen molar-refractivity contribution in [2.75, 3.05) is 11.4 Å². The number of barbiturate groups is 1. The van der Waals surface area contributed by atoms with Gasteiger partial charge in [0.25, 0.3) is 11.8 Å². The van der Waals surface area contributed by atoms with Crippen LogP contribution in [0.4, 0.5) is 10.5 Å². The maximum absolute atomic E-state index is 12.7. The molecule has 4 heterocycles. The van der Waals surface area contributed by atoms with E-state index in [1.807, 2.05) is 42.5 Å². The fourth-order valence-electron chi connectivity index (χ4n) is 4.94. The predicted octanol–water partition coefficient (Wildman–Crippen LogP) is 3.51. The quantitative estimate of drug-likeness (QED) is 0.339. The highest BCUT2D eigenvalue weighted by atomic mass is 16.5. The van der Waals surface area contributed by atoms with Gasteiger partial charge in [-0.25, -0.2) is 9.78 Å². The van der Waals surface area contributed by atoms with Crippen molar-refractivity contribution in [3.05, 3.63) is 78.5 Å². The van der Waals surface area contributed by atoms with Crippen molar-refractivity contribution in [2.24, 2.45) is 0 Å². The average Bonchev–Trinajstić information content (AvgIpc) is 3.62. The number of anilines is 1. The minimum atomic E-state index is -1.47. The molecule has 2 aromatic heterocycles. The Balaban J connectivity index is 1.14. The van der Waals surface area contributed by atoms with Crippen molar-refractivity contribution in [3.8, 4) is 40.2 Å². The Morgan fingerprint density at radius 2 is 1.64 bits per heavy atom. The molecule has 0 radical (unpaired) electrons. The third-order valence-corrected chi connectivity index (χ3v) is 6.89. The lowest BCUT2D eigenvalue weighted by Gasteiger charge is -2.38. The Morgan fingerprint density at radius 1 is 0.923 bits per heavy atom. The van der Waals surface area contributed by atoms with Gasteiger partial charge < -0.3 is 9.64 Å². The normalized spacial score (nSPS) is 16.1. The standard InChI is InChI=1S/C28H21N7O4/c29-15-17-2-4-18(5-3-17)22-14-23(34-33-22)19-6-9-21(10-7-19)39-24-11-8-20(16-30-24)35-13-1-12-28(35)25(36)31-27(38)32-26(28)37/h2-11,14,16H,1,12-13H2,(H,33,34)(H2,31,32,36,37,38). The number of aromatic nitrogens is 3. The molecule has 192 valence electrons. The molecular weight excluding hydrogens is 498 g/mol. The number of carbonyl (C=O) groups excluding carboxylic acids is 3. The van der Waals surface area contributed by atoms with E-state index >= 15 is 0 Å². The van der Waals surface area contributed by atoms with Gasteiger partial charge in [-0.05, 0) is 66.9 Å². The van der Waals surface area contributed by atoms with Crippen molar-refractivity contribution in [2.45, 2.75) is 18.4 Å². The number of aromatic amines is 1. The average molecular weight is 520 g/mol. The van der Waals surface area contributed by atoms with Gasteiger partial charge in [0.1, 0.15) is 5.75 Å². The lowest BCUT2D eigenvalue weighted by molar-refractivity contribution is -0.137. The van der Waals surface area contributed by atoms with Crippen LogP contribution in [0.25, 0.3) is 22.5 Å². The van der Waals surface area contributed by atoms with Gasteiger partial charge in [0.2, 0.25) is 5.88 Å². The first-order valence-electron chi connectivity index (χ1n) is 12.2. The van der Waals surface area contributed by atoms with Gasteiger partial charge in [-0.3, -0.25) is 25.3 Å². The highest BCUT2D eigenvalue weighted by Crippen LogP contribution is 2.36. The van der Waals surface area contributed by atoms with Crippen LogP contribution in [0.1, 0.15) is 18.4 Å². The molecule has 0 aliphatic carbocycles. The van der Waals surface area contributed by atoms with E-state index in [1.165, 1.54) is 0 Å². The molecule has 6 rings (SSSR count). The Kier molecular flexibility index (Phi) is 5.77. The Labute approximate surface area is 222 Å². The fraction of sp³-hybridized carbons (Fsp3) is 0.143. The number of nitriles is 1. The summed E-state index contributed by atoms with van der Waals surface area (Å²) in [6.45, 7) is 0.471. The van der Waals surface area contributed by atoms with Gasteiger partial charge in [-0.1, -0.05) is 12.1 Å². The molecule has 3 N–H and O–H groups in total. The number of hydrogen-bond donors (Lipinski definition) is 3. The van der Waals surface area contributed by atoms with Crippen LogP contribution < -0.4 is 20.3 Å². The summed E-state index contributed by atoms with van der Waals surface area (Å²) < 4.78 is 5.89. The summed E-state index contributed by atoms with van der Waals surface area (Å²) in [5.74, 6) is -0.343. The first-order chi connectivity index (χ1) is 19.0. The molecule has 11 nitrogen and oxygen atoms in total. The van der Waals surface area contributed by atoms with Gasteiger partial charge in [0, 0.05) is 18.2 Å². The molecule has 0 saturated carbocycles.